The fourth-order valence-corrected chi connectivity index (χ4v) is 3.05. The number of fused-ring (bicyclic) bond motifs is 1. The lowest BCUT2D eigenvalue weighted by atomic mass is 10.2. The molecule has 0 aliphatic heterocycles. The molecular weight excluding hydrogens is 390 g/mol. The molecule has 9 heteroatoms. The van der Waals surface area contributed by atoms with Crippen molar-refractivity contribution in [2.45, 2.75) is 11.6 Å². The molecule has 0 saturated carbocycles. The summed E-state index contributed by atoms with van der Waals surface area (Å²) in [6.07, 6.45) is 6.11. The zero-order chi connectivity index (χ0) is 20.6. The average Bonchev–Trinajstić information content (AvgIpc) is 2.73. The smallest absolute Gasteiger partial charge is 0.270 e. The van der Waals surface area contributed by atoms with Gasteiger partial charge in [0.1, 0.15) is 11.6 Å². The van der Waals surface area contributed by atoms with E-state index in [0.717, 1.165) is 17.9 Å². The second-order valence-electron chi connectivity index (χ2n) is 5.95. The molecule has 1 aromatic heterocycles. The predicted octanol–water partition coefficient (Wildman–Crippen LogP) is 3.73. The SMILES string of the molecule is C#CCSc1nc(Nc2ccc(OCCCN)cc2)c2cc([N+](=O)[O-])ccc2n1. The highest BCUT2D eigenvalue weighted by Gasteiger charge is 2.13. The van der Waals surface area contributed by atoms with Crippen molar-refractivity contribution in [1.82, 2.24) is 9.97 Å². The summed E-state index contributed by atoms with van der Waals surface area (Å²) in [5.41, 5.74) is 6.78. The lowest BCUT2D eigenvalue weighted by molar-refractivity contribution is -0.384. The first-order valence-corrected chi connectivity index (χ1v) is 9.81. The predicted molar refractivity (Wildman–Crippen MR) is 115 cm³/mol. The number of nitrogens with two attached hydrogens (primary N) is 1. The van der Waals surface area contributed by atoms with Gasteiger partial charge in [0.2, 0.25) is 0 Å². The summed E-state index contributed by atoms with van der Waals surface area (Å²) in [5, 5.41) is 15.4. The molecular formula is C20H19N5O3S. The standard InChI is InChI=1S/C20H19N5O3S/c1-2-12-29-20-23-18-9-6-15(25(26)27)13-17(18)19(24-20)22-14-4-7-16(8-5-14)28-11-3-10-21/h1,4-9,13H,3,10-12,21H2,(H,22,23,24). The van der Waals surface area contributed by atoms with Crippen molar-refractivity contribution in [2.75, 3.05) is 24.2 Å². The van der Waals surface area contributed by atoms with Crippen LogP contribution in [0.2, 0.25) is 0 Å². The minimum Gasteiger partial charge on any atom is -0.494 e. The Morgan fingerprint density at radius 2 is 2.03 bits per heavy atom. The third-order valence-electron chi connectivity index (χ3n) is 3.89. The van der Waals surface area contributed by atoms with Crippen LogP contribution in [0.25, 0.3) is 10.9 Å². The molecule has 3 rings (SSSR count). The quantitative estimate of drug-likeness (QED) is 0.137. The number of nitro groups is 1. The van der Waals surface area contributed by atoms with E-state index in [0.29, 0.717) is 40.8 Å². The van der Waals surface area contributed by atoms with Gasteiger partial charge in [-0.05, 0) is 43.3 Å². The Hall–Kier alpha value is -3.35. The first kappa shape index (κ1) is 20.4. The fraction of sp³-hybridized carbons (Fsp3) is 0.200. The van der Waals surface area contributed by atoms with Crippen LogP contribution in [0.3, 0.4) is 0 Å². The molecule has 0 radical (unpaired) electrons. The van der Waals surface area contributed by atoms with Gasteiger partial charge in [0.15, 0.2) is 5.16 Å². The molecule has 0 spiro atoms. The second-order valence-corrected chi connectivity index (χ2v) is 6.89. The van der Waals surface area contributed by atoms with E-state index < -0.39 is 4.92 Å². The van der Waals surface area contributed by atoms with Gasteiger partial charge in [0.05, 0.1) is 22.8 Å². The minimum atomic E-state index is -0.447. The number of benzene rings is 2. The first-order valence-electron chi connectivity index (χ1n) is 8.83. The van der Waals surface area contributed by atoms with Gasteiger partial charge >= 0.3 is 0 Å². The molecule has 0 aliphatic rings. The number of nitrogens with zero attached hydrogens (tertiary/aromatic N) is 3. The summed E-state index contributed by atoms with van der Waals surface area (Å²) in [6.45, 7) is 1.13. The van der Waals surface area contributed by atoms with E-state index >= 15 is 0 Å². The van der Waals surface area contributed by atoms with E-state index in [4.69, 9.17) is 16.9 Å². The van der Waals surface area contributed by atoms with Crippen molar-refractivity contribution in [1.29, 1.82) is 0 Å². The van der Waals surface area contributed by atoms with Crippen molar-refractivity contribution in [3.63, 3.8) is 0 Å². The van der Waals surface area contributed by atoms with Crippen LogP contribution >= 0.6 is 11.8 Å². The Labute approximate surface area is 172 Å². The molecule has 2 aromatic carbocycles. The Balaban J connectivity index is 1.92. The number of terminal acetylenes is 1. The molecule has 0 fully saturated rings. The molecule has 0 amide bonds. The molecule has 148 valence electrons. The van der Waals surface area contributed by atoms with Crippen LogP contribution in [0.15, 0.2) is 47.6 Å². The van der Waals surface area contributed by atoms with Gasteiger partial charge in [-0.1, -0.05) is 17.7 Å². The summed E-state index contributed by atoms with van der Waals surface area (Å²) >= 11 is 1.32. The van der Waals surface area contributed by atoms with Gasteiger partial charge in [-0.3, -0.25) is 10.1 Å². The number of thioether (sulfide) groups is 1. The van der Waals surface area contributed by atoms with E-state index in [9.17, 15) is 10.1 Å². The highest BCUT2D eigenvalue weighted by Crippen LogP contribution is 2.30. The highest BCUT2D eigenvalue weighted by atomic mass is 32.2. The number of aromatic nitrogens is 2. The Morgan fingerprint density at radius 3 is 2.72 bits per heavy atom. The van der Waals surface area contributed by atoms with Crippen LogP contribution in [0.4, 0.5) is 17.2 Å². The van der Waals surface area contributed by atoms with Gasteiger partial charge in [-0.15, -0.1) is 6.42 Å². The van der Waals surface area contributed by atoms with Crippen LogP contribution in [-0.2, 0) is 0 Å². The molecule has 0 unspecified atom stereocenters. The first-order chi connectivity index (χ1) is 14.1. The van der Waals surface area contributed by atoms with Gasteiger partial charge in [0, 0.05) is 23.2 Å². The van der Waals surface area contributed by atoms with Gasteiger partial charge in [-0.25, -0.2) is 9.97 Å². The minimum absolute atomic E-state index is 0.0307. The molecule has 0 aliphatic carbocycles. The Morgan fingerprint density at radius 1 is 1.24 bits per heavy atom. The lowest BCUT2D eigenvalue weighted by Crippen LogP contribution is -2.06. The highest BCUT2D eigenvalue weighted by molar-refractivity contribution is 7.99. The lowest BCUT2D eigenvalue weighted by Gasteiger charge is -2.11. The number of rotatable bonds is 9. The fourth-order valence-electron chi connectivity index (χ4n) is 2.52. The monoisotopic (exact) mass is 409 g/mol. The third-order valence-corrected chi connectivity index (χ3v) is 4.64. The Bertz CT molecular complexity index is 1050. The van der Waals surface area contributed by atoms with Crippen LogP contribution in [-0.4, -0.2) is 33.8 Å². The van der Waals surface area contributed by atoms with Crippen LogP contribution in [0, 0.1) is 22.5 Å². The molecule has 3 N–H and O–H groups in total. The number of nitrogens with one attached hydrogen (secondary N) is 1. The molecule has 8 nitrogen and oxygen atoms in total. The van der Waals surface area contributed by atoms with E-state index in [2.05, 4.69) is 21.2 Å². The number of hydrogen-bond acceptors (Lipinski definition) is 8. The molecule has 29 heavy (non-hydrogen) atoms. The average molecular weight is 409 g/mol. The molecule has 3 aromatic rings. The van der Waals surface area contributed by atoms with Gasteiger partial charge in [-0.2, -0.15) is 0 Å². The molecule has 0 saturated heterocycles. The van der Waals surface area contributed by atoms with Gasteiger partial charge < -0.3 is 15.8 Å². The zero-order valence-corrected chi connectivity index (χ0v) is 16.3. The molecule has 0 bridgehead atoms. The number of ether oxygens (including phenoxy) is 1. The van der Waals surface area contributed by atoms with Crippen molar-refractivity contribution in [3.8, 4) is 18.1 Å². The van der Waals surface area contributed by atoms with Crippen molar-refractivity contribution < 1.29 is 9.66 Å². The normalized spacial score (nSPS) is 10.5. The summed E-state index contributed by atoms with van der Waals surface area (Å²) in [4.78, 5) is 19.6. The maximum Gasteiger partial charge on any atom is 0.270 e. The molecule has 1 heterocycles. The summed E-state index contributed by atoms with van der Waals surface area (Å²) in [5.74, 6) is 4.16. The summed E-state index contributed by atoms with van der Waals surface area (Å²) < 4.78 is 5.60. The second kappa shape index (κ2) is 9.73. The number of nitro benzene ring substituents is 1. The van der Waals surface area contributed by atoms with Crippen LogP contribution in [0.5, 0.6) is 5.75 Å². The number of hydrogen-bond donors (Lipinski definition) is 2. The zero-order valence-electron chi connectivity index (χ0n) is 15.5. The van der Waals surface area contributed by atoms with E-state index in [1.165, 1.54) is 23.9 Å². The summed E-state index contributed by atoms with van der Waals surface area (Å²) in [7, 11) is 0. The van der Waals surface area contributed by atoms with Crippen molar-refractivity contribution in [3.05, 3.63) is 52.6 Å². The van der Waals surface area contributed by atoms with Crippen LogP contribution in [0.1, 0.15) is 6.42 Å². The van der Waals surface area contributed by atoms with E-state index in [1.54, 1.807) is 6.07 Å². The van der Waals surface area contributed by atoms with Crippen molar-refractivity contribution >= 4 is 39.9 Å². The topological polar surface area (TPSA) is 116 Å². The Kier molecular flexibility index (Phi) is 6.84. The largest absolute Gasteiger partial charge is 0.494 e. The summed E-state index contributed by atoms with van der Waals surface area (Å²) in [6, 6.07) is 11.8. The van der Waals surface area contributed by atoms with E-state index in [-0.39, 0.29) is 5.69 Å². The third kappa shape index (κ3) is 5.34. The van der Waals surface area contributed by atoms with Crippen molar-refractivity contribution in [2.24, 2.45) is 5.73 Å². The van der Waals surface area contributed by atoms with Gasteiger partial charge in [0.25, 0.3) is 5.69 Å². The maximum atomic E-state index is 11.2. The molecule has 0 atom stereocenters. The van der Waals surface area contributed by atoms with Crippen LogP contribution < -0.4 is 15.8 Å². The number of anilines is 2. The number of non-ortho nitro benzene ring substituents is 1. The van der Waals surface area contributed by atoms with E-state index in [1.807, 2.05) is 24.3 Å². The maximum absolute atomic E-state index is 11.2.